The summed E-state index contributed by atoms with van der Waals surface area (Å²) in [6.45, 7) is 1.85. The molecule has 0 radical (unpaired) electrons. The summed E-state index contributed by atoms with van der Waals surface area (Å²) in [6, 6.07) is 1.77. The molecule has 0 N–H and O–H groups in total. The van der Waals surface area contributed by atoms with Crippen LogP contribution in [0.25, 0.3) is 0 Å². The molecule has 0 aromatic carbocycles. The van der Waals surface area contributed by atoms with E-state index >= 15 is 0 Å². The van der Waals surface area contributed by atoms with Crippen molar-refractivity contribution in [1.82, 2.24) is 9.97 Å². The Balaban J connectivity index is 2.96. The zero-order valence-corrected chi connectivity index (χ0v) is 6.68. The highest BCUT2D eigenvalue weighted by atomic mass is 32.2. The van der Waals surface area contributed by atoms with Gasteiger partial charge in [0.1, 0.15) is 6.26 Å². The molecule has 4 heteroatoms. The molecule has 1 unspecified atom stereocenters. The van der Waals surface area contributed by atoms with E-state index in [1.54, 1.807) is 18.5 Å². The molecule has 54 valence electrons. The van der Waals surface area contributed by atoms with Crippen LogP contribution in [0.15, 0.2) is 17.4 Å². The number of aryl methyl sites for hydroxylation is 1. The molecule has 1 heterocycles. The highest BCUT2D eigenvalue weighted by molar-refractivity contribution is 7.90. The van der Waals surface area contributed by atoms with Crippen LogP contribution in [0.4, 0.5) is 0 Å². The van der Waals surface area contributed by atoms with Crippen LogP contribution in [0, 0.1) is 6.92 Å². The molecule has 1 aromatic rings. The van der Waals surface area contributed by atoms with Crippen molar-refractivity contribution in [3.05, 3.63) is 18.0 Å². The van der Waals surface area contributed by atoms with Gasteiger partial charge in [-0.2, -0.15) is 9.97 Å². The van der Waals surface area contributed by atoms with Crippen molar-refractivity contribution in [3.63, 3.8) is 0 Å². The minimum atomic E-state index is -1.06. The molecule has 0 amide bonds. The van der Waals surface area contributed by atoms with Gasteiger partial charge in [0, 0.05) is 23.1 Å². The summed E-state index contributed by atoms with van der Waals surface area (Å²) >= 11 is -1.06. The number of nitrogens with zero attached hydrogens (tertiary/aromatic N) is 2. The van der Waals surface area contributed by atoms with Crippen LogP contribution >= 0.6 is 0 Å². The van der Waals surface area contributed by atoms with Crippen LogP contribution < -0.4 is 0 Å². The van der Waals surface area contributed by atoms with E-state index < -0.39 is 11.2 Å². The van der Waals surface area contributed by atoms with Gasteiger partial charge in [0.2, 0.25) is 0 Å². The molecular formula is C6H8N2OS. The fourth-order valence-electron chi connectivity index (χ4n) is 0.564. The molecule has 0 fully saturated rings. The zero-order valence-electron chi connectivity index (χ0n) is 5.87. The summed E-state index contributed by atoms with van der Waals surface area (Å²) in [7, 11) is 0. The van der Waals surface area contributed by atoms with Crippen LogP contribution in [0.1, 0.15) is 5.69 Å². The van der Waals surface area contributed by atoms with E-state index in [1.165, 1.54) is 0 Å². The van der Waals surface area contributed by atoms with Gasteiger partial charge in [0.15, 0.2) is 0 Å². The van der Waals surface area contributed by atoms with E-state index in [0.29, 0.717) is 5.16 Å². The molecule has 0 saturated heterocycles. The molecule has 10 heavy (non-hydrogen) atoms. The van der Waals surface area contributed by atoms with Gasteiger partial charge in [-0.25, -0.2) is 0 Å². The number of hydrogen-bond acceptors (Lipinski definition) is 3. The maximum atomic E-state index is 10.8. The third-order valence-corrected chi connectivity index (χ3v) is 1.74. The maximum Gasteiger partial charge on any atom is 0.342 e. The van der Waals surface area contributed by atoms with Crippen LogP contribution in [0.5, 0.6) is 0 Å². The number of aromatic nitrogens is 2. The van der Waals surface area contributed by atoms with Gasteiger partial charge >= 0.3 is 5.16 Å². The summed E-state index contributed by atoms with van der Waals surface area (Å²) in [4.78, 5) is 7.79. The quantitative estimate of drug-likeness (QED) is 0.440. The van der Waals surface area contributed by atoms with E-state index in [-0.39, 0.29) is 0 Å². The minimum absolute atomic E-state index is 0.403. The van der Waals surface area contributed by atoms with Gasteiger partial charge in [0.05, 0.1) is 0 Å². The lowest BCUT2D eigenvalue weighted by Crippen LogP contribution is -2.03. The Labute approximate surface area is 62.7 Å². The highest BCUT2D eigenvalue weighted by Crippen LogP contribution is 2.00. The first-order valence-corrected chi connectivity index (χ1v) is 4.39. The summed E-state index contributed by atoms with van der Waals surface area (Å²) in [5, 5.41) is 0.403. The van der Waals surface area contributed by atoms with E-state index in [4.69, 9.17) is 0 Å². The van der Waals surface area contributed by atoms with Crippen LogP contribution in [0.2, 0.25) is 0 Å². The molecule has 1 atom stereocenters. The Morgan fingerprint density at radius 1 is 1.60 bits per heavy atom. The largest absolute Gasteiger partial charge is 0.609 e. The summed E-state index contributed by atoms with van der Waals surface area (Å²) in [5.74, 6) is 0. The molecule has 0 saturated carbocycles. The molecule has 1 rings (SSSR count). The number of hydrogen-bond donors (Lipinski definition) is 0. The van der Waals surface area contributed by atoms with Crippen molar-refractivity contribution in [2.75, 3.05) is 6.26 Å². The summed E-state index contributed by atoms with van der Waals surface area (Å²) in [5.41, 5.74) is 0.847. The van der Waals surface area contributed by atoms with Crippen molar-refractivity contribution in [1.29, 1.82) is 0 Å². The minimum Gasteiger partial charge on any atom is -0.609 e. The van der Waals surface area contributed by atoms with Gasteiger partial charge in [-0.05, 0) is 13.0 Å². The van der Waals surface area contributed by atoms with Crippen molar-refractivity contribution in [2.45, 2.75) is 12.1 Å². The van der Waals surface area contributed by atoms with Crippen LogP contribution in [0.3, 0.4) is 0 Å². The van der Waals surface area contributed by atoms with Gasteiger partial charge in [0.25, 0.3) is 0 Å². The first-order chi connectivity index (χ1) is 4.70. The van der Waals surface area contributed by atoms with E-state index in [0.717, 1.165) is 5.69 Å². The molecule has 0 aliphatic heterocycles. The molecule has 0 spiro atoms. The Hall–Kier alpha value is -0.610. The van der Waals surface area contributed by atoms with E-state index in [1.807, 2.05) is 6.92 Å². The fourth-order valence-corrected chi connectivity index (χ4v) is 1.05. The zero-order chi connectivity index (χ0) is 7.56. The molecule has 0 aliphatic rings. The Bertz CT molecular complexity index is 227. The first-order valence-electron chi connectivity index (χ1n) is 2.83. The molecule has 0 aliphatic carbocycles. The standard InChI is InChI=1S/C6H8N2OS/c1-5-3-4-7-6(8-5)10(2)9/h3-4H,1-2H3. The highest BCUT2D eigenvalue weighted by Gasteiger charge is 2.05. The lowest BCUT2D eigenvalue weighted by Gasteiger charge is -2.00. The average Bonchev–Trinajstić information content (AvgIpc) is 1.88. The lowest BCUT2D eigenvalue weighted by atomic mass is 10.5. The summed E-state index contributed by atoms with van der Waals surface area (Å²) in [6.07, 6.45) is 3.17. The summed E-state index contributed by atoms with van der Waals surface area (Å²) < 4.78 is 10.8. The van der Waals surface area contributed by atoms with Crippen LogP contribution in [-0.2, 0) is 11.2 Å². The Kier molecular flexibility index (Phi) is 2.24. The third-order valence-electron chi connectivity index (χ3n) is 1.03. The molecule has 0 bridgehead atoms. The second-order valence-corrected chi connectivity index (χ2v) is 3.21. The van der Waals surface area contributed by atoms with E-state index in [9.17, 15) is 4.55 Å². The smallest absolute Gasteiger partial charge is 0.342 e. The second-order valence-electron chi connectivity index (χ2n) is 1.93. The van der Waals surface area contributed by atoms with Crippen LogP contribution in [-0.4, -0.2) is 20.8 Å². The Morgan fingerprint density at radius 3 is 2.70 bits per heavy atom. The van der Waals surface area contributed by atoms with E-state index in [2.05, 4.69) is 9.97 Å². The van der Waals surface area contributed by atoms with Gasteiger partial charge in [-0.3, -0.25) is 0 Å². The van der Waals surface area contributed by atoms with Crippen molar-refractivity contribution in [2.24, 2.45) is 0 Å². The van der Waals surface area contributed by atoms with Crippen molar-refractivity contribution >= 4 is 11.2 Å². The SMILES string of the molecule is Cc1ccnc([S+](C)[O-])n1. The predicted molar refractivity (Wildman–Crippen MR) is 39.1 cm³/mol. The molecule has 3 nitrogen and oxygen atoms in total. The third kappa shape index (κ3) is 1.68. The van der Waals surface area contributed by atoms with Crippen molar-refractivity contribution in [3.8, 4) is 0 Å². The van der Waals surface area contributed by atoms with Gasteiger partial charge in [-0.15, -0.1) is 0 Å². The molecule has 1 aromatic heterocycles. The number of rotatable bonds is 1. The lowest BCUT2D eigenvalue weighted by molar-refractivity contribution is 0.591. The fraction of sp³-hybridized carbons (Fsp3) is 0.333. The molecular weight excluding hydrogens is 148 g/mol. The topological polar surface area (TPSA) is 48.8 Å². The predicted octanol–water partition coefficient (Wildman–Crippen LogP) is 0.522. The average molecular weight is 156 g/mol. The normalized spacial score (nSPS) is 13.1. The van der Waals surface area contributed by atoms with Gasteiger partial charge < -0.3 is 4.55 Å². The van der Waals surface area contributed by atoms with Crippen molar-refractivity contribution < 1.29 is 4.55 Å². The second kappa shape index (κ2) is 2.98. The first kappa shape index (κ1) is 7.50. The Morgan fingerprint density at radius 2 is 2.30 bits per heavy atom. The van der Waals surface area contributed by atoms with Gasteiger partial charge in [-0.1, -0.05) is 0 Å². The maximum absolute atomic E-state index is 10.8. The monoisotopic (exact) mass is 156 g/mol.